The Morgan fingerprint density at radius 2 is 2.20 bits per heavy atom. The van der Waals surface area contributed by atoms with Crippen molar-refractivity contribution < 1.29 is 13.2 Å². The Bertz CT molecular complexity index is 549. The average molecular weight is 315 g/mol. The van der Waals surface area contributed by atoms with E-state index in [0.717, 1.165) is 4.88 Å². The lowest BCUT2D eigenvalue weighted by Gasteiger charge is -2.20. The predicted octanol–water partition coefficient (Wildman–Crippen LogP) is 2.48. The zero-order chi connectivity index (χ0) is 14.8. The lowest BCUT2D eigenvalue weighted by atomic mass is 10.1. The van der Waals surface area contributed by atoms with Crippen LogP contribution >= 0.6 is 11.3 Å². The second kappa shape index (κ2) is 6.26. The normalized spacial score (nSPS) is 22.8. The van der Waals surface area contributed by atoms with Gasteiger partial charge in [-0.2, -0.15) is 0 Å². The van der Waals surface area contributed by atoms with Gasteiger partial charge in [-0.05, 0) is 23.8 Å². The van der Waals surface area contributed by atoms with Crippen LogP contribution in [-0.4, -0.2) is 38.1 Å². The van der Waals surface area contributed by atoms with E-state index in [1.807, 2.05) is 31.4 Å². The summed E-state index contributed by atoms with van der Waals surface area (Å²) in [5.74, 6) is 0.442. The van der Waals surface area contributed by atoms with E-state index >= 15 is 0 Å². The summed E-state index contributed by atoms with van der Waals surface area (Å²) in [7, 11) is -3.16. The number of nitrogens with zero attached hydrogens (tertiary/aromatic N) is 1. The molecule has 2 heterocycles. The van der Waals surface area contributed by atoms with E-state index < -0.39 is 15.1 Å². The molecule has 2 rings (SSSR count). The predicted molar refractivity (Wildman–Crippen MR) is 81.5 cm³/mol. The summed E-state index contributed by atoms with van der Waals surface area (Å²) in [6.45, 7) is 4.87. The van der Waals surface area contributed by atoms with Gasteiger partial charge in [-0.1, -0.05) is 19.9 Å². The van der Waals surface area contributed by atoms with Crippen LogP contribution in [0.2, 0.25) is 0 Å². The molecule has 4 nitrogen and oxygen atoms in total. The molecule has 1 atom stereocenters. The third-order valence-corrected chi connectivity index (χ3v) is 6.78. The van der Waals surface area contributed by atoms with E-state index in [-0.39, 0.29) is 11.7 Å². The maximum absolute atomic E-state index is 12.4. The second-order valence-corrected chi connectivity index (χ2v) is 8.92. The van der Waals surface area contributed by atoms with Crippen molar-refractivity contribution in [3.8, 4) is 0 Å². The van der Waals surface area contributed by atoms with Gasteiger partial charge in [-0.3, -0.25) is 4.79 Å². The van der Waals surface area contributed by atoms with Crippen LogP contribution in [-0.2, 0) is 14.6 Å². The highest BCUT2D eigenvalue weighted by Gasteiger charge is 2.33. The number of thiophene rings is 1. The van der Waals surface area contributed by atoms with Gasteiger partial charge in [0.2, 0.25) is 5.91 Å². The van der Waals surface area contributed by atoms with Gasteiger partial charge in [0.25, 0.3) is 0 Å². The molecule has 1 saturated heterocycles. The van der Waals surface area contributed by atoms with Gasteiger partial charge < -0.3 is 4.90 Å². The minimum atomic E-state index is -3.16. The van der Waals surface area contributed by atoms with Gasteiger partial charge >= 0.3 is 0 Å². The van der Waals surface area contributed by atoms with Crippen LogP contribution in [0.5, 0.6) is 0 Å². The molecule has 20 heavy (non-hydrogen) atoms. The van der Waals surface area contributed by atoms with Crippen LogP contribution in [0.25, 0.3) is 0 Å². The maximum Gasteiger partial charge on any atom is 0.222 e. The Balaban J connectivity index is 2.12. The summed E-state index contributed by atoms with van der Waals surface area (Å²) in [6, 6.07) is 3.75. The lowest BCUT2D eigenvalue weighted by molar-refractivity contribution is -0.131. The molecular formula is C14H21NO3S2. The Morgan fingerprint density at radius 1 is 1.45 bits per heavy atom. The van der Waals surface area contributed by atoms with Gasteiger partial charge in [-0.25, -0.2) is 8.42 Å². The molecule has 0 bridgehead atoms. The molecular weight excluding hydrogens is 294 g/mol. The SMILES string of the molecule is CC(C)CC(=O)N1CCC(c2cccs2)S(=O)(=O)CC1. The average Bonchev–Trinajstić information content (AvgIpc) is 2.80. The third-order valence-electron chi connectivity index (χ3n) is 3.54. The largest absolute Gasteiger partial charge is 0.342 e. The van der Waals surface area contributed by atoms with E-state index in [1.165, 1.54) is 11.3 Å². The number of carbonyl (C=O) groups excluding carboxylic acids is 1. The van der Waals surface area contributed by atoms with E-state index in [1.54, 1.807) is 4.90 Å². The van der Waals surface area contributed by atoms with Crippen LogP contribution in [0.4, 0.5) is 0 Å². The number of amides is 1. The zero-order valence-corrected chi connectivity index (χ0v) is 13.5. The maximum atomic E-state index is 12.4. The Labute approximate surface area is 124 Å². The van der Waals surface area contributed by atoms with Crippen LogP contribution in [0.1, 0.15) is 36.8 Å². The highest BCUT2D eigenvalue weighted by molar-refractivity contribution is 7.91. The second-order valence-electron chi connectivity index (χ2n) is 5.64. The van der Waals surface area contributed by atoms with Gasteiger partial charge in [0, 0.05) is 24.4 Å². The third kappa shape index (κ3) is 3.61. The Hall–Kier alpha value is -0.880. The summed E-state index contributed by atoms with van der Waals surface area (Å²) in [5.41, 5.74) is 0. The molecule has 0 aliphatic carbocycles. The van der Waals surface area contributed by atoms with Crippen molar-refractivity contribution in [2.75, 3.05) is 18.8 Å². The minimum Gasteiger partial charge on any atom is -0.342 e. The first-order valence-electron chi connectivity index (χ1n) is 6.93. The molecule has 0 aromatic carbocycles. The number of hydrogen-bond acceptors (Lipinski definition) is 4. The molecule has 1 fully saturated rings. The quantitative estimate of drug-likeness (QED) is 0.861. The number of rotatable bonds is 3. The van der Waals surface area contributed by atoms with Crippen LogP contribution in [0.3, 0.4) is 0 Å². The molecule has 0 spiro atoms. The fraction of sp³-hybridized carbons (Fsp3) is 0.643. The molecule has 1 aliphatic rings. The topological polar surface area (TPSA) is 54.5 Å². The van der Waals surface area contributed by atoms with Crippen molar-refractivity contribution >= 4 is 27.1 Å². The molecule has 112 valence electrons. The first kappa shape index (κ1) is 15.5. The van der Waals surface area contributed by atoms with Crippen LogP contribution in [0, 0.1) is 5.92 Å². The smallest absolute Gasteiger partial charge is 0.222 e. The van der Waals surface area contributed by atoms with Gasteiger partial charge in [0.15, 0.2) is 9.84 Å². The van der Waals surface area contributed by atoms with Crippen molar-refractivity contribution in [2.24, 2.45) is 5.92 Å². The Kier molecular flexibility index (Phi) is 4.86. The van der Waals surface area contributed by atoms with Crippen molar-refractivity contribution in [3.63, 3.8) is 0 Å². The number of hydrogen-bond donors (Lipinski definition) is 0. The first-order chi connectivity index (χ1) is 9.40. The highest BCUT2D eigenvalue weighted by atomic mass is 32.2. The van der Waals surface area contributed by atoms with Crippen molar-refractivity contribution in [1.82, 2.24) is 4.90 Å². The molecule has 0 saturated carbocycles. The van der Waals surface area contributed by atoms with Crippen molar-refractivity contribution in [3.05, 3.63) is 22.4 Å². The molecule has 1 aliphatic heterocycles. The molecule has 1 amide bonds. The molecule has 1 aromatic heterocycles. The van der Waals surface area contributed by atoms with E-state index in [2.05, 4.69) is 0 Å². The highest BCUT2D eigenvalue weighted by Crippen LogP contribution is 2.32. The zero-order valence-electron chi connectivity index (χ0n) is 11.9. The standard InChI is InChI=1S/C14H21NO3S2/c1-11(2)10-14(16)15-6-5-13(12-4-3-8-19-12)20(17,18)9-7-15/h3-4,8,11,13H,5-7,9-10H2,1-2H3. The minimum absolute atomic E-state index is 0.0689. The van der Waals surface area contributed by atoms with E-state index in [4.69, 9.17) is 0 Å². The van der Waals surface area contributed by atoms with Crippen molar-refractivity contribution in [1.29, 1.82) is 0 Å². The van der Waals surface area contributed by atoms with Crippen LogP contribution in [0.15, 0.2) is 17.5 Å². The van der Waals surface area contributed by atoms with E-state index in [9.17, 15) is 13.2 Å². The fourth-order valence-electron chi connectivity index (χ4n) is 2.47. The van der Waals surface area contributed by atoms with Crippen molar-refractivity contribution in [2.45, 2.75) is 31.9 Å². The summed E-state index contributed by atoms with van der Waals surface area (Å²) in [4.78, 5) is 14.7. The number of carbonyl (C=O) groups is 1. The summed E-state index contributed by atoms with van der Waals surface area (Å²) < 4.78 is 24.7. The summed E-state index contributed by atoms with van der Waals surface area (Å²) >= 11 is 1.48. The van der Waals surface area contributed by atoms with Crippen LogP contribution < -0.4 is 0 Å². The molecule has 0 radical (unpaired) electrons. The fourth-order valence-corrected chi connectivity index (χ4v) is 5.47. The lowest BCUT2D eigenvalue weighted by Crippen LogP contribution is -2.34. The van der Waals surface area contributed by atoms with E-state index in [0.29, 0.717) is 31.8 Å². The molecule has 0 N–H and O–H groups in total. The molecule has 1 aromatic rings. The number of sulfone groups is 1. The monoisotopic (exact) mass is 315 g/mol. The molecule has 6 heteroatoms. The van der Waals surface area contributed by atoms with Gasteiger partial charge in [0.1, 0.15) is 0 Å². The Morgan fingerprint density at radius 3 is 2.80 bits per heavy atom. The summed E-state index contributed by atoms with van der Waals surface area (Å²) in [5, 5.41) is 1.46. The van der Waals surface area contributed by atoms with Gasteiger partial charge in [0.05, 0.1) is 11.0 Å². The summed E-state index contributed by atoms with van der Waals surface area (Å²) in [6.07, 6.45) is 0.996. The van der Waals surface area contributed by atoms with Gasteiger partial charge in [-0.15, -0.1) is 11.3 Å². The first-order valence-corrected chi connectivity index (χ1v) is 9.52. The molecule has 1 unspecified atom stereocenters.